The molecule has 1 aliphatic heterocycles. The van der Waals surface area contributed by atoms with Crippen LogP contribution in [-0.2, 0) is 22.4 Å². The van der Waals surface area contributed by atoms with E-state index in [1.54, 1.807) is 22.9 Å². The molecule has 0 amide bonds. The van der Waals surface area contributed by atoms with Gasteiger partial charge in [-0.3, -0.25) is 9.47 Å². The number of piperidine rings is 1. The lowest BCUT2D eigenvalue weighted by Crippen LogP contribution is -2.38. The maximum absolute atomic E-state index is 13.0. The summed E-state index contributed by atoms with van der Waals surface area (Å²) in [6.07, 6.45) is 8.40. The van der Waals surface area contributed by atoms with Gasteiger partial charge >= 0.3 is 12.1 Å². The number of ether oxygens (including phenoxy) is 2. The minimum absolute atomic E-state index is 0.0478. The van der Waals surface area contributed by atoms with Gasteiger partial charge in [-0.1, -0.05) is 18.2 Å². The molecule has 0 spiro atoms. The summed E-state index contributed by atoms with van der Waals surface area (Å²) in [5.74, 6) is 2.40. The van der Waals surface area contributed by atoms with Crippen LogP contribution in [0.25, 0.3) is 10.9 Å². The van der Waals surface area contributed by atoms with E-state index in [0.29, 0.717) is 37.9 Å². The van der Waals surface area contributed by atoms with Gasteiger partial charge in [-0.05, 0) is 81.0 Å². The minimum atomic E-state index is -0.612. The largest absolute Gasteiger partial charge is 0.465 e. The summed E-state index contributed by atoms with van der Waals surface area (Å²) in [6.45, 7) is 8.83. The van der Waals surface area contributed by atoms with Crippen LogP contribution in [0.15, 0.2) is 42.6 Å². The SMILES string of the molecule is C#CCc1cc(C)c2c(ccn2C(=O)OC(C)(C)C)c1CN1CC[C@@H](O)C[C@H]1c1ccc(C(=O)OC)cc1. The van der Waals surface area contributed by atoms with Gasteiger partial charge in [0.25, 0.3) is 0 Å². The lowest BCUT2D eigenvalue weighted by molar-refractivity contribution is 0.0364. The molecule has 1 saturated heterocycles. The van der Waals surface area contributed by atoms with Crippen LogP contribution in [0.4, 0.5) is 4.79 Å². The molecule has 0 bridgehead atoms. The first-order valence-corrected chi connectivity index (χ1v) is 12.9. The number of nitrogens with zero attached hydrogens (tertiary/aromatic N) is 2. The molecule has 1 aromatic heterocycles. The first-order valence-electron chi connectivity index (χ1n) is 12.9. The summed E-state index contributed by atoms with van der Waals surface area (Å²) in [7, 11) is 1.36. The summed E-state index contributed by atoms with van der Waals surface area (Å²) >= 11 is 0. The molecule has 7 heteroatoms. The highest BCUT2D eigenvalue weighted by molar-refractivity contribution is 5.94. The van der Waals surface area contributed by atoms with Gasteiger partial charge in [0, 0.05) is 37.1 Å². The van der Waals surface area contributed by atoms with Gasteiger partial charge in [0.1, 0.15) is 5.60 Å². The lowest BCUT2D eigenvalue weighted by Gasteiger charge is -2.39. The fourth-order valence-corrected chi connectivity index (χ4v) is 5.28. The van der Waals surface area contributed by atoms with Gasteiger partial charge in [0.2, 0.25) is 0 Å². The van der Waals surface area contributed by atoms with Crippen LogP contribution in [0.2, 0.25) is 0 Å². The number of aryl methyl sites for hydroxylation is 1. The molecule has 7 nitrogen and oxygen atoms in total. The zero-order valence-corrected chi connectivity index (χ0v) is 22.8. The minimum Gasteiger partial charge on any atom is -0.465 e. The monoisotopic (exact) mass is 516 g/mol. The quantitative estimate of drug-likeness (QED) is 0.362. The molecule has 0 unspecified atom stereocenters. The molecule has 2 atom stereocenters. The van der Waals surface area contributed by atoms with E-state index in [4.69, 9.17) is 15.9 Å². The van der Waals surface area contributed by atoms with Crippen LogP contribution in [-0.4, -0.2) is 52.0 Å². The van der Waals surface area contributed by atoms with Crippen molar-refractivity contribution in [3.8, 4) is 12.3 Å². The molecule has 3 aromatic rings. The Morgan fingerprint density at radius 2 is 1.89 bits per heavy atom. The van der Waals surface area contributed by atoms with Gasteiger partial charge in [0.05, 0.1) is 24.3 Å². The second-order valence-corrected chi connectivity index (χ2v) is 10.9. The molecule has 0 saturated carbocycles. The van der Waals surface area contributed by atoms with E-state index in [0.717, 1.165) is 33.2 Å². The number of hydrogen-bond acceptors (Lipinski definition) is 6. The number of aliphatic hydroxyl groups excluding tert-OH is 1. The van der Waals surface area contributed by atoms with Gasteiger partial charge < -0.3 is 14.6 Å². The predicted octanol–water partition coefficient (Wildman–Crippen LogP) is 5.39. The third kappa shape index (κ3) is 5.77. The second kappa shape index (κ2) is 11.0. The number of aliphatic hydroxyl groups is 1. The van der Waals surface area contributed by atoms with E-state index in [1.165, 1.54) is 7.11 Å². The van der Waals surface area contributed by atoms with E-state index >= 15 is 0 Å². The molecule has 4 rings (SSSR count). The number of fused-ring (bicyclic) bond motifs is 1. The highest BCUT2D eigenvalue weighted by Gasteiger charge is 2.30. The Balaban J connectivity index is 1.74. The second-order valence-electron chi connectivity index (χ2n) is 10.9. The van der Waals surface area contributed by atoms with Gasteiger partial charge in [0.15, 0.2) is 0 Å². The zero-order chi connectivity index (χ0) is 27.6. The van der Waals surface area contributed by atoms with Gasteiger partial charge in [-0.15, -0.1) is 12.3 Å². The predicted molar refractivity (Wildman–Crippen MR) is 147 cm³/mol. The van der Waals surface area contributed by atoms with Crippen LogP contribution < -0.4 is 0 Å². The van der Waals surface area contributed by atoms with E-state index < -0.39 is 17.8 Å². The number of carbonyl (C=O) groups is 2. The first kappa shape index (κ1) is 27.4. The first-order chi connectivity index (χ1) is 18.0. The number of aromatic nitrogens is 1. The van der Waals surface area contributed by atoms with Crippen molar-refractivity contribution in [2.45, 2.75) is 71.2 Å². The number of esters is 1. The Morgan fingerprint density at radius 3 is 2.53 bits per heavy atom. The smallest absolute Gasteiger partial charge is 0.418 e. The molecule has 1 aliphatic rings. The Labute approximate surface area is 224 Å². The van der Waals surface area contributed by atoms with E-state index in [-0.39, 0.29) is 12.0 Å². The Hall–Kier alpha value is -3.60. The van der Waals surface area contributed by atoms with Crippen LogP contribution in [0.5, 0.6) is 0 Å². The molecule has 0 radical (unpaired) electrons. The fourth-order valence-electron chi connectivity index (χ4n) is 5.28. The highest BCUT2D eigenvalue weighted by atomic mass is 16.6. The fraction of sp³-hybridized carbons (Fsp3) is 0.419. The summed E-state index contributed by atoms with van der Waals surface area (Å²) in [4.78, 5) is 27.3. The van der Waals surface area contributed by atoms with Crippen molar-refractivity contribution in [1.82, 2.24) is 9.47 Å². The molecule has 1 fully saturated rings. The Morgan fingerprint density at radius 1 is 1.18 bits per heavy atom. The van der Waals surface area contributed by atoms with Crippen molar-refractivity contribution in [2.75, 3.05) is 13.7 Å². The standard InChI is InChI=1S/C31H36N2O5/c1-7-8-23-17-20(2)28-25(14-16-33(28)30(36)38-31(3,4)5)26(23)19-32-15-13-24(34)18-27(32)21-9-11-22(12-10-21)29(35)37-6/h1,9-12,14,16-17,24,27,34H,8,13,15,18-19H2,2-6H3/t24-,27+/m1/s1. The van der Waals surface area contributed by atoms with Crippen molar-refractivity contribution < 1.29 is 24.2 Å². The molecule has 2 aromatic carbocycles. The van der Waals surface area contributed by atoms with E-state index in [2.05, 4.69) is 16.9 Å². The van der Waals surface area contributed by atoms with Gasteiger partial charge in [-0.2, -0.15) is 0 Å². The normalized spacial score (nSPS) is 18.2. The lowest BCUT2D eigenvalue weighted by atomic mass is 9.90. The molecular weight excluding hydrogens is 480 g/mol. The number of methoxy groups -OCH3 is 1. The Bertz CT molecular complexity index is 1370. The molecule has 38 heavy (non-hydrogen) atoms. The zero-order valence-electron chi connectivity index (χ0n) is 22.8. The maximum Gasteiger partial charge on any atom is 0.418 e. The van der Waals surface area contributed by atoms with Crippen LogP contribution in [0.3, 0.4) is 0 Å². The van der Waals surface area contributed by atoms with Crippen molar-refractivity contribution in [3.05, 3.63) is 70.4 Å². The summed E-state index contributed by atoms with van der Waals surface area (Å²) in [6, 6.07) is 11.3. The number of terminal acetylenes is 1. The number of hydrogen-bond donors (Lipinski definition) is 1. The van der Waals surface area contributed by atoms with Crippen molar-refractivity contribution in [3.63, 3.8) is 0 Å². The molecule has 1 N–H and O–H groups in total. The van der Waals surface area contributed by atoms with Crippen molar-refractivity contribution >= 4 is 23.0 Å². The third-order valence-corrected chi connectivity index (χ3v) is 7.01. The summed E-state index contributed by atoms with van der Waals surface area (Å²) in [5.41, 5.74) is 4.77. The van der Waals surface area contributed by atoms with Crippen molar-refractivity contribution in [1.29, 1.82) is 0 Å². The van der Waals surface area contributed by atoms with Crippen LogP contribution in [0, 0.1) is 19.3 Å². The molecular formula is C31H36N2O5. The average molecular weight is 517 g/mol. The Kier molecular flexibility index (Phi) is 7.96. The molecule has 200 valence electrons. The highest BCUT2D eigenvalue weighted by Crippen LogP contribution is 2.36. The maximum atomic E-state index is 13.0. The number of rotatable bonds is 5. The van der Waals surface area contributed by atoms with Crippen LogP contribution >= 0.6 is 0 Å². The number of benzene rings is 2. The van der Waals surface area contributed by atoms with Gasteiger partial charge in [-0.25, -0.2) is 9.59 Å². The molecule has 0 aliphatic carbocycles. The average Bonchev–Trinajstić information content (AvgIpc) is 3.32. The van der Waals surface area contributed by atoms with E-state index in [1.807, 2.05) is 45.9 Å². The summed E-state index contributed by atoms with van der Waals surface area (Å²) in [5, 5.41) is 11.5. The topological polar surface area (TPSA) is 81.0 Å². The molecule has 2 heterocycles. The van der Waals surface area contributed by atoms with E-state index in [9.17, 15) is 14.7 Å². The number of likely N-dealkylation sites (tertiary alicyclic amines) is 1. The van der Waals surface area contributed by atoms with Crippen molar-refractivity contribution in [2.24, 2.45) is 0 Å². The third-order valence-electron chi connectivity index (χ3n) is 7.01. The number of carbonyl (C=O) groups excluding carboxylic acids is 2. The van der Waals surface area contributed by atoms with Crippen LogP contribution in [0.1, 0.15) is 72.3 Å². The summed E-state index contributed by atoms with van der Waals surface area (Å²) < 4.78 is 12.1.